The van der Waals surface area contributed by atoms with Crippen LogP contribution in [0.1, 0.15) is 11.1 Å². The van der Waals surface area contributed by atoms with Crippen molar-refractivity contribution >= 4 is 27.4 Å². The first-order valence-corrected chi connectivity index (χ1v) is 6.47. The van der Waals surface area contributed by atoms with E-state index in [-0.39, 0.29) is 17.6 Å². The van der Waals surface area contributed by atoms with Crippen molar-refractivity contribution in [1.29, 1.82) is 0 Å². The first-order chi connectivity index (χ1) is 9.36. The molecule has 0 aliphatic heterocycles. The summed E-state index contributed by atoms with van der Waals surface area (Å²) in [6.07, 6.45) is -4.70. The van der Waals surface area contributed by atoms with Crippen molar-refractivity contribution in [2.75, 3.05) is 14.2 Å². The average Bonchev–Trinajstić information content (AvgIpc) is 2.79. The fraction of sp³-hybridized carbons (Fsp3) is 0.308. The molecule has 0 saturated heterocycles. The number of esters is 1. The Hall–Kier alpha value is -1.76. The number of thiophene rings is 1. The van der Waals surface area contributed by atoms with E-state index in [0.29, 0.717) is 10.3 Å². The third-order valence-corrected chi connectivity index (χ3v) is 3.81. The summed E-state index contributed by atoms with van der Waals surface area (Å²) in [5.74, 6) is -0.440. The van der Waals surface area contributed by atoms with Gasteiger partial charge >= 0.3 is 12.1 Å². The molecule has 1 aromatic heterocycles. The smallest absolute Gasteiger partial charge is 0.417 e. The number of rotatable bonds is 3. The first-order valence-electron chi connectivity index (χ1n) is 5.59. The van der Waals surface area contributed by atoms with E-state index in [1.54, 1.807) is 0 Å². The molecule has 3 nitrogen and oxygen atoms in total. The molecule has 7 heteroatoms. The van der Waals surface area contributed by atoms with Crippen LogP contribution in [-0.2, 0) is 22.1 Å². The number of halogens is 3. The second kappa shape index (κ2) is 5.32. The van der Waals surface area contributed by atoms with Gasteiger partial charge in [-0.05, 0) is 23.1 Å². The molecule has 108 valence electrons. The molecular weight excluding hydrogens is 293 g/mol. The van der Waals surface area contributed by atoms with Gasteiger partial charge in [0, 0.05) is 10.1 Å². The number of methoxy groups -OCH3 is 2. The number of ether oxygens (including phenoxy) is 2. The van der Waals surface area contributed by atoms with Crippen LogP contribution in [0.25, 0.3) is 10.1 Å². The van der Waals surface area contributed by atoms with Gasteiger partial charge in [0.25, 0.3) is 0 Å². The monoisotopic (exact) mass is 304 g/mol. The molecule has 1 heterocycles. The van der Waals surface area contributed by atoms with Gasteiger partial charge in [0.1, 0.15) is 5.75 Å². The van der Waals surface area contributed by atoms with Gasteiger partial charge in [0.2, 0.25) is 0 Å². The number of carbonyl (C=O) groups excluding carboxylic acids is 1. The van der Waals surface area contributed by atoms with Gasteiger partial charge in [-0.15, -0.1) is 11.3 Å². The molecule has 0 aliphatic carbocycles. The van der Waals surface area contributed by atoms with E-state index in [2.05, 4.69) is 4.74 Å². The fourth-order valence-electron chi connectivity index (χ4n) is 1.91. The number of fused-ring (bicyclic) bond motifs is 1. The number of hydrogen-bond acceptors (Lipinski definition) is 4. The van der Waals surface area contributed by atoms with Crippen LogP contribution >= 0.6 is 11.3 Å². The molecular formula is C13H11F3O3S. The normalized spacial score (nSPS) is 11.7. The number of hydrogen-bond donors (Lipinski definition) is 0. The number of carbonyl (C=O) groups is 1. The summed E-state index contributed by atoms with van der Waals surface area (Å²) in [5.41, 5.74) is -0.487. The van der Waals surface area contributed by atoms with E-state index < -0.39 is 17.7 Å². The zero-order valence-corrected chi connectivity index (χ0v) is 11.5. The van der Waals surface area contributed by atoms with Crippen molar-refractivity contribution in [2.45, 2.75) is 12.6 Å². The summed E-state index contributed by atoms with van der Waals surface area (Å²) in [6.45, 7) is 0. The van der Waals surface area contributed by atoms with E-state index in [0.717, 1.165) is 17.4 Å². The van der Waals surface area contributed by atoms with Crippen LogP contribution in [0.5, 0.6) is 5.75 Å². The minimum atomic E-state index is -4.52. The van der Waals surface area contributed by atoms with Gasteiger partial charge in [-0.3, -0.25) is 4.79 Å². The molecule has 0 unspecified atom stereocenters. The lowest BCUT2D eigenvalue weighted by molar-refractivity contribution is -0.140. The zero-order valence-electron chi connectivity index (χ0n) is 10.7. The molecule has 20 heavy (non-hydrogen) atoms. The highest BCUT2D eigenvalue weighted by Gasteiger charge is 2.34. The van der Waals surface area contributed by atoms with Crippen molar-refractivity contribution in [3.63, 3.8) is 0 Å². The van der Waals surface area contributed by atoms with Gasteiger partial charge in [0.05, 0.1) is 26.2 Å². The molecule has 1 aromatic carbocycles. The minimum Gasteiger partial charge on any atom is -0.497 e. The maximum absolute atomic E-state index is 13.1. The van der Waals surface area contributed by atoms with Crippen molar-refractivity contribution in [1.82, 2.24) is 0 Å². The Bertz CT molecular complexity index is 646. The van der Waals surface area contributed by atoms with Gasteiger partial charge < -0.3 is 9.47 Å². The van der Waals surface area contributed by atoms with Crippen LogP contribution < -0.4 is 4.74 Å². The van der Waals surface area contributed by atoms with Crippen molar-refractivity contribution < 1.29 is 27.4 Å². The second-order valence-corrected chi connectivity index (χ2v) is 4.97. The average molecular weight is 304 g/mol. The first kappa shape index (κ1) is 14.6. The number of benzene rings is 1. The van der Waals surface area contributed by atoms with Gasteiger partial charge in [0.15, 0.2) is 0 Å². The molecule has 2 aromatic rings. The highest BCUT2D eigenvalue weighted by molar-refractivity contribution is 7.17. The van der Waals surface area contributed by atoms with E-state index in [9.17, 15) is 18.0 Å². The quantitative estimate of drug-likeness (QED) is 0.812. The predicted octanol–water partition coefficient (Wildman–Crippen LogP) is 3.64. The zero-order chi connectivity index (χ0) is 14.9. The SMILES string of the molecule is COC(=O)Cc1csc2cc(OC)cc(C(F)(F)F)c12. The van der Waals surface area contributed by atoms with Crippen LogP contribution in [0.2, 0.25) is 0 Å². The maximum Gasteiger partial charge on any atom is 0.417 e. The van der Waals surface area contributed by atoms with E-state index in [1.807, 2.05) is 0 Å². The molecule has 0 fully saturated rings. The van der Waals surface area contributed by atoms with Crippen LogP contribution in [0.4, 0.5) is 13.2 Å². The third-order valence-electron chi connectivity index (χ3n) is 2.83. The largest absolute Gasteiger partial charge is 0.497 e. The second-order valence-electron chi connectivity index (χ2n) is 4.06. The van der Waals surface area contributed by atoms with E-state index in [1.165, 1.54) is 25.7 Å². The standard InChI is InChI=1S/C13H11F3O3S/c1-18-8-4-9(13(14,15)16)12-7(3-11(17)19-2)6-20-10(12)5-8/h4-6H,3H2,1-2H3. The van der Waals surface area contributed by atoms with Crippen LogP contribution in [-0.4, -0.2) is 20.2 Å². The molecule has 0 N–H and O–H groups in total. The molecule has 0 amide bonds. The Labute approximate surface area is 116 Å². The summed E-state index contributed by atoms with van der Waals surface area (Å²) >= 11 is 1.14. The Morgan fingerprint density at radius 2 is 2.00 bits per heavy atom. The summed E-state index contributed by atoms with van der Waals surface area (Å²) < 4.78 is 49.2. The summed E-state index contributed by atoms with van der Waals surface area (Å²) in [6, 6.07) is 2.46. The Morgan fingerprint density at radius 3 is 2.55 bits per heavy atom. The Morgan fingerprint density at radius 1 is 1.30 bits per heavy atom. The third kappa shape index (κ3) is 2.72. The molecule has 0 atom stereocenters. The van der Waals surface area contributed by atoms with E-state index in [4.69, 9.17) is 4.74 Å². The van der Waals surface area contributed by atoms with Crippen molar-refractivity contribution in [3.05, 3.63) is 28.6 Å². The number of alkyl halides is 3. The van der Waals surface area contributed by atoms with Gasteiger partial charge in [-0.2, -0.15) is 13.2 Å². The van der Waals surface area contributed by atoms with Crippen LogP contribution in [0, 0.1) is 0 Å². The highest BCUT2D eigenvalue weighted by Crippen LogP contribution is 2.41. The molecule has 0 saturated carbocycles. The molecule has 0 bridgehead atoms. The van der Waals surface area contributed by atoms with Crippen molar-refractivity contribution in [2.24, 2.45) is 0 Å². The summed E-state index contributed by atoms with van der Waals surface area (Å²) in [5, 5.41) is 1.57. The Balaban J connectivity index is 2.66. The Kier molecular flexibility index (Phi) is 3.89. The highest BCUT2D eigenvalue weighted by atomic mass is 32.1. The lowest BCUT2D eigenvalue weighted by Gasteiger charge is -2.12. The summed E-state index contributed by atoms with van der Waals surface area (Å²) in [4.78, 5) is 11.3. The summed E-state index contributed by atoms with van der Waals surface area (Å²) in [7, 11) is 2.51. The van der Waals surface area contributed by atoms with Crippen molar-refractivity contribution in [3.8, 4) is 5.75 Å². The minimum absolute atomic E-state index is 0.0358. The van der Waals surface area contributed by atoms with E-state index >= 15 is 0 Å². The molecule has 2 rings (SSSR count). The topological polar surface area (TPSA) is 35.5 Å². The van der Waals surface area contributed by atoms with Gasteiger partial charge in [-0.1, -0.05) is 0 Å². The predicted molar refractivity (Wildman–Crippen MR) is 69.1 cm³/mol. The van der Waals surface area contributed by atoms with Gasteiger partial charge in [-0.25, -0.2) is 0 Å². The van der Waals surface area contributed by atoms with Crippen LogP contribution in [0.15, 0.2) is 17.5 Å². The molecule has 0 aliphatic rings. The molecule has 0 radical (unpaired) electrons. The molecule has 0 spiro atoms. The van der Waals surface area contributed by atoms with Crippen LogP contribution in [0.3, 0.4) is 0 Å². The lowest BCUT2D eigenvalue weighted by Crippen LogP contribution is -2.09. The maximum atomic E-state index is 13.1. The fourth-order valence-corrected chi connectivity index (χ4v) is 2.92. The lowest BCUT2D eigenvalue weighted by atomic mass is 10.0.